The van der Waals surface area contributed by atoms with Gasteiger partial charge in [-0.05, 0) is 36.3 Å². The van der Waals surface area contributed by atoms with Crippen LogP contribution in [-0.4, -0.2) is 14.8 Å². The summed E-state index contributed by atoms with van der Waals surface area (Å²) < 4.78 is 2.25. The molecule has 0 saturated heterocycles. The van der Waals surface area contributed by atoms with Gasteiger partial charge in [0.25, 0.3) is 0 Å². The monoisotopic (exact) mass is 284 g/mol. The van der Waals surface area contributed by atoms with Gasteiger partial charge in [0.05, 0.1) is 6.54 Å². The number of nitrogens with two attached hydrogens (primary N) is 1. The van der Waals surface area contributed by atoms with Crippen LogP contribution >= 0.6 is 0 Å². The van der Waals surface area contributed by atoms with Crippen LogP contribution in [0.1, 0.15) is 55.4 Å². The van der Waals surface area contributed by atoms with Crippen LogP contribution in [0.4, 0.5) is 0 Å². The lowest BCUT2D eigenvalue weighted by atomic mass is 9.82. The predicted octanol–water partition coefficient (Wildman–Crippen LogP) is 2.86. The fourth-order valence-corrected chi connectivity index (χ4v) is 3.34. The lowest BCUT2D eigenvalue weighted by Crippen LogP contribution is -2.19. The number of fused-ring (bicyclic) bond motifs is 1. The third-order valence-electron chi connectivity index (χ3n) is 4.27. The molecule has 0 bridgehead atoms. The van der Waals surface area contributed by atoms with Crippen LogP contribution < -0.4 is 5.73 Å². The molecule has 112 valence electrons. The van der Waals surface area contributed by atoms with E-state index < -0.39 is 0 Å². The standard InChI is InChI=1S/C17H24N4/c1-12(2)11-21-16(10-18)19-20-17(21)15-9-5-7-13-6-3-4-8-14(13)15/h3-4,6,8,12,15H,5,7,9-11,18H2,1-2H3. The molecular formula is C17H24N4. The zero-order valence-electron chi connectivity index (χ0n) is 12.9. The van der Waals surface area contributed by atoms with Gasteiger partial charge >= 0.3 is 0 Å². The Bertz CT molecular complexity index is 615. The summed E-state index contributed by atoms with van der Waals surface area (Å²) in [7, 11) is 0. The van der Waals surface area contributed by atoms with Crippen LogP contribution in [-0.2, 0) is 19.5 Å². The smallest absolute Gasteiger partial charge is 0.146 e. The number of benzene rings is 1. The maximum Gasteiger partial charge on any atom is 0.146 e. The van der Waals surface area contributed by atoms with Gasteiger partial charge < -0.3 is 10.3 Å². The number of nitrogens with zero attached hydrogens (tertiary/aromatic N) is 3. The molecule has 1 atom stereocenters. The van der Waals surface area contributed by atoms with Crippen LogP contribution in [0, 0.1) is 5.92 Å². The lowest BCUT2D eigenvalue weighted by Gasteiger charge is -2.26. The van der Waals surface area contributed by atoms with Crippen molar-refractivity contribution in [3.63, 3.8) is 0 Å². The first-order valence-corrected chi connectivity index (χ1v) is 7.90. The Hall–Kier alpha value is -1.68. The zero-order valence-corrected chi connectivity index (χ0v) is 12.9. The van der Waals surface area contributed by atoms with Crippen molar-refractivity contribution in [3.05, 3.63) is 47.0 Å². The quantitative estimate of drug-likeness (QED) is 0.939. The van der Waals surface area contributed by atoms with Crippen molar-refractivity contribution in [3.8, 4) is 0 Å². The molecule has 1 aromatic heterocycles. The fourth-order valence-electron chi connectivity index (χ4n) is 3.34. The Balaban J connectivity index is 2.03. The van der Waals surface area contributed by atoms with Crippen LogP contribution in [0.3, 0.4) is 0 Å². The first-order chi connectivity index (χ1) is 10.2. The summed E-state index contributed by atoms with van der Waals surface area (Å²) in [4.78, 5) is 0. The normalized spacial score (nSPS) is 18.0. The Morgan fingerprint density at radius 2 is 2.10 bits per heavy atom. The molecule has 0 saturated carbocycles. The van der Waals surface area contributed by atoms with Gasteiger partial charge in [-0.25, -0.2) is 0 Å². The largest absolute Gasteiger partial charge is 0.324 e. The second kappa shape index (κ2) is 5.98. The van der Waals surface area contributed by atoms with Crippen LogP contribution in [0.15, 0.2) is 24.3 Å². The van der Waals surface area contributed by atoms with Crippen LogP contribution in [0.2, 0.25) is 0 Å². The molecule has 1 aromatic carbocycles. The summed E-state index contributed by atoms with van der Waals surface area (Å²) in [6.45, 7) is 5.83. The molecule has 21 heavy (non-hydrogen) atoms. The van der Waals surface area contributed by atoms with E-state index in [1.165, 1.54) is 24.0 Å². The van der Waals surface area contributed by atoms with Crippen molar-refractivity contribution in [2.75, 3.05) is 0 Å². The van der Waals surface area contributed by atoms with E-state index in [1.54, 1.807) is 0 Å². The molecule has 4 nitrogen and oxygen atoms in total. The second-order valence-corrected chi connectivity index (χ2v) is 6.33. The van der Waals surface area contributed by atoms with Crippen molar-refractivity contribution in [2.24, 2.45) is 11.7 Å². The topological polar surface area (TPSA) is 56.7 Å². The van der Waals surface area contributed by atoms with Gasteiger partial charge in [0.15, 0.2) is 0 Å². The summed E-state index contributed by atoms with van der Waals surface area (Å²) >= 11 is 0. The first kappa shape index (κ1) is 14.3. The highest BCUT2D eigenvalue weighted by Crippen LogP contribution is 2.36. The molecule has 0 radical (unpaired) electrons. The summed E-state index contributed by atoms with van der Waals surface area (Å²) in [5.74, 6) is 2.92. The molecule has 1 aliphatic carbocycles. The highest BCUT2D eigenvalue weighted by atomic mass is 15.3. The number of aromatic nitrogens is 3. The van der Waals surface area contributed by atoms with Crippen molar-refractivity contribution in [1.82, 2.24) is 14.8 Å². The van der Waals surface area contributed by atoms with Crippen molar-refractivity contribution >= 4 is 0 Å². The Morgan fingerprint density at radius 3 is 2.86 bits per heavy atom. The summed E-state index contributed by atoms with van der Waals surface area (Å²) in [5.41, 5.74) is 8.72. The molecule has 1 heterocycles. The average molecular weight is 284 g/mol. The Labute approximate surface area is 126 Å². The summed E-state index contributed by atoms with van der Waals surface area (Å²) in [6.07, 6.45) is 3.54. The van der Waals surface area contributed by atoms with E-state index in [-0.39, 0.29) is 0 Å². The van der Waals surface area contributed by atoms with E-state index in [4.69, 9.17) is 5.73 Å². The van der Waals surface area contributed by atoms with Gasteiger partial charge in [-0.1, -0.05) is 38.1 Å². The number of hydrogen-bond acceptors (Lipinski definition) is 3. The molecule has 1 unspecified atom stereocenters. The molecule has 0 aliphatic heterocycles. The van der Waals surface area contributed by atoms with Crippen molar-refractivity contribution < 1.29 is 0 Å². The lowest BCUT2D eigenvalue weighted by molar-refractivity contribution is 0.471. The van der Waals surface area contributed by atoms with Crippen LogP contribution in [0.25, 0.3) is 0 Å². The van der Waals surface area contributed by atoms with Gasteiger partial charge in [0.1, 0.15) is 11.6 Å². The van der Waals surface area contributed by atoms with Gasteiger partial charge in [0, 0.05) is 12.5 Å². The highest BCUT2D eigenvalue weighted by molar-refractivity contribution is 5.36. The SMILES string of the molecule is CC(C)Cn1c(CN)nnc1C1CCCc2ccccc21. The van der Waals surface area contributed by atoms with E-state index in [0.717, 1.165) is 24.6 Å². The zero-order chi connectivity index (χ0) is 14.8. The molecule has 3 rings (SSSR count). The minimum atomic E-state index is 0.362. The van der Waals surface area contributed by atoms with Crippen molar-refractivity contribution in [1.29, 1.82) is 0 Å². The fraction of sp³-hybridized carbons (Fsp3) is 0.529. The maximum absolute atomic E-state index is 5.84. The van der Waals surface area contributed by atoms with E-state index in [2.05, 4.69) is 52.9 Å². The predicted molar refractivity (Wildman–Crippen MR) is 84.0 cm³/mol. The van der Waals surface area contributed by atoms with Crippen molar-refractivity contribution in [2.45, 2.75) is 52.1 Å². The van der Waals surface area contributed by atoms with E-state index in [0.29, 0.717) is 18.4 Å². The summed E-state index contributed by atoms with van der Waals surface area (Å²) in [6, 6.07) is 8.75. The van der Waals surface area contributed by atoms with Gasteiger partial charge in [-0.15, -0.1) is 10.2 Å². The Morgan fingerprint density at radius 1 is 1.29 bits per heavy atom. The molecule has 2 aromatic rings. The van der Waals surface area contributed by atoms with E-state index >= 15 is 0 Å². The third kappa shape index (κ3) is 2.72. The Kier molecular flexibility index (Phi) is 4.06. The molecule has 4 heteroatoms. The minimum Gasteiger partial charge on any atom is -0.324 e. The minimum absolute atomic E-state index is 0.362. The average Bonchev–Trinajstić information content (AvgIpc) is 2.88. The first-order valence-electron chi connectivity index (χ1n) is 7.90. The molecular weight excluding hydrogens is 260 g/mol. The highest BCUT2D eigenvalue weighted by Gasteiger charge is 2.27. The van der Waals surface area contributed by atoms with Gasteiger partial charge in [-0.3, -0.25) is 0 Å². The van der Waals surface area contributed by atoms with Gasteiger partial charge in [-0.2, -0.15) is 0 Å². The third-order valence-corrected chi connectivity index (χ3v) is 4.27. The number of rotatable bonds is 4. The molecule has 0 spiro atoms. The van der Waals surface area contributed by atoms with Crippen LogP contribution in [0.5, 0.6) is 0 Å². The maximum atomic E-state index is 5.84. The molecule has 2 N–H and O–H groups in total. The van der Waals surface area contributed by atoms with Gasteiger partial charge in [0.2, 0.25) is 0 Å². The molecule has 1 aliphatic rings. The molecule has 0 fully saturated rings. The van der Waals surface area contributed by atoms with E-state index in [1.807, 2.05) is 0 Å². The number of aryl methyl sites for hydroxylation is 1. The second-order valence-electron chi connectivity index (χ2n) is 6.33. The number of hydrogen-bond donors (Lipinski definition) is 1. The molecule has 0 amide bonds. The van der Waals surface area contributed by atoms with E-state index in [9.17, 15) is 0 Å². The summed E-state index contributed by atoms with van der Waals surface area (Å²) in [5, 5.41) is 8.82.